The Morgan fingerprint density at radius 1 is 1.53 bits per heavy atom. The van der Waals surface area contributed by atoms with Crippen molar-refractivity contribution < 1.29 is 9.59 Å². The predicted octanol–water partition coefficient (Wildman–Crippen LogP) is 1.29. The summed E-state index contributed by atoms with van der Waals surface area (Å²) in [4.78, 5) is 25.8. The Balaban J connectivity index is 1.94. The van der Waals surface area contributed by atoms with Crippen LogP contribution in [0.4, 0.5) is 0 Å². The number of hydrogen-bond donors (Lipinski definition) is 1. The molecule has 17 heavy (non-hydrogen) atoms. The van der Waals surface area contributed by atoms with Crippen molar-refractivity contribution in [3.8, 4) is 0 Å². The van der Waals surface area contributed by atoms with Gasteiger partial charge in [-0.2, -0.15) is 0 Å². The van der Waals surface area contributed by atoms with Crippen LogP contribution in [0.25, 0.3) is 0 Å². The van der Waals surface area contributed by atoms with E-state index in [4.69, 9.17) is 11.6 Å². The maximum atomic E-state index is 11.8. The predicted molar refractivity (Wildman–Crippen MR) is 67.2 cm³/mol. The average Bonchev–Trinajstić information content (AvgIpc) is 2.67. The molecule has 2 heterocycles. The van der Waals surface area contributed by atoms with Gasteiger partial charge in [0.05, 0.1) is 10.9 Å². The summed E-state index contributed by atoms with van der Waals surface area (Å²) in [5.41, 5.74) is 0. The van der Waals surface area contributed by atoms with Crippen LogP contribution in [0.3, 0.4) is 0 Å². The Hall–Kier alpha value is -1.07. The molecule has 0 aliphatic carbocycles. The van der Waals surface area contributed by atoms with E-state index in [-0.39, 0.29) is 18.4 Å². The zero-order valence-corrected chi connectivity index (χ0v) is 11.0. The van der Waals surface area contributed by atoms with Gasteiger partial charge in [-0.1, -0.05) is 11.6 Å². The molecule has 4 nitrogen and oxygen atoms in total. The lowest BCUT2D eigenvalue weighted by Gasteiger charge is -2.30. The largest absolute Gasteiger partial charge is 0.343 e. The standard InChI is InChI=1S/C11H13ClN2O2S/c1-7-11(16)14(6-10(15)13-7)5-4-8-2-3-9(12)17-8/h2-3,7H,4-6H2,1H3,(H,13,15). The van der Waals surface area contributed by atoms with Gasteiger partial charge in [-0.25, -0.2) is 0 Å². The Morgan fingerprint density at radius 2 is 2.29 bits per heavy atom. The van der Waals surface area contributed by atoms with E-state index in [9.17, 15) is 9.59 Å². The smallest absolute Gasteiger partial charge is 0.245 e. The first-order valence-corrected chi connectivity index (χ1v) is 6.58. The number of hydrogen-bond acceptors (Lipinski definition) is 3. The number of nitrogens with zero attached hydrogens (tertiary/aromatic N) is 1. The van der Waals surface area contributed by atoms with Crippen LogP contribution < -0.4 is 5.32 Å². The van der Waals surface area contributed by atoms with Crippen molar-refractivity contribution in [2.24, 2.45) is 0 Å². The van der Waals surface area contributed by atoms with Gasteiger partial charge in [0.2, 0.25) is 11.8 Å². The first-order valence-electron chi connectivity index (χ1n) is 5.38. The number of amides is 2. The topological polar surface area (TPSA) is 49.4 Å². The van der Waals surface area contributed by atoms with Gasteiger partial charge in [-0.05, 0) is 25.5 Å². The summed E-state index contributed by atoms with van der Waals surface area (Å²) in [6, 6.07) is 3.38. The van der Waals surface area contributed by atoms with Gasteiger partial charge in [0.25, 0.3) is 0 Å². The third kappa shape index (κ3) is 2.98. The zero-order valence-electron chi connectivity index (χ0n) is 9.40. The van der Waals surface area contributed by atoms with Gasteiger partial charge < -0.3 is 10.2 Å². The van der Waals surface area contributed by atoms with Gasteiger partial charge >= 0.3 is 0 Å². The van der Waals surface area contributed by atoms with E-state index < -0.39 is 6.04 Å². The van der Waals surface area contributed by atoms with Crippen LogP contribution in [0.1, 0.15) is 11.8 Å². The normalized spacial score (nSPS) is 20.6. The third-order valence-corrected chi connectivity index (χ3v) is 3.94. The maximum absolute atomic E-state index is 11.8. The highest BCUT2D eigenvalue weighted by Gasteiger charge is 2.28. The number of thiophene rings is 1. The molecule has 0 bridgehead atoms. The molecule has 0 aromatic carbocycles. The second kappa shape index (κ2) is 5.06. The van der Waals surface area contributed by atoms with Crippen LogP contribution in [-0.2, 0) is 16.0 Å². The minimum absolute atomic E-state index is 0.0211. The molecule has 6 heteroatoms. The van der Waals surface area contributed by atoms with Crippen LogP contribution in [0.5, 0.6) is 0 Å². The summed E-state index contributed by atoms with van der Waals surface area (Å²) in [7, 11) is 0. The lowest BCUT2D eigenvalue weighted by Crippen LogP contribution is -2.57. The quantitative estimate of drug-likeness (QED) is 0.901. The maximum Gasteiger partial charge on any atom is 0.245 e. The zero-order chi connectivity index (χ0) is 12.4. The molecule has 92 valence electrons. The Morgan fingerprint density at radius 3 is 2.94 bits per heavy atom. The summed E-state index contributed by atoms with van der Waals surface area (Å²) in [6.07, 6.45) is 0.739. The molecule has 1 fully saturated rings. The lowest BCUT2D eigenvalue weighted by molar-refractivity contribution is -0.143. The fourth-order valence-electron chi connectivity index (χ4n) is 1.79. The van der Waals surface area contributed by atoms with Crippen molar-refractivity contribution in [1.29, 1.82) is 0 Å². The minimum atomic E-state index is -0.414. The van der Waals surface area contributed by atoms with E-state index >= 15 is 0 Å². The molecule has 1 saturated heterocycles. The molecule has 1 N–H and O–H groups in total. The molecule has 0 spiro atoms. The molecule has 0 radical (unpaired) electrons. The summed E-state index contributed by atoms with van der Waals surface area (Å²) in [6.45, 7) is 2.42. The van der Waals surface area contributed by atoms with E-state index in [1.807, 2.05) is 12.1 Å². The third-order valence-electron chi connectivity index (χ3n) is 2.65. The summed E-state index contributed by atoms with van der Waals surface area (Å²) >= 11 is 7.34. The van der Waals surface area contributed by atoms with Gasteiger partial charge in [-0.15, -0.1) is 11.3 Å². The summed E-state index contributed by atoms with van der Waals surface area (Å²) in [5, 5.41) is 2.61. The number of carbonyl (C=O) groups is 2. The molecule has 2 amide bonds. The van der Waals surface area contributed by atoms with Gasteiger partial charge in [0.1, 0.15) is 6.04 Å². The van der Waals surface area contributed by atoms with Crippen molar-refractivity contribution in [1.82, 2.24) is 10.2 Å². The highest BCUT2D eigenvalue weighted by Crippen LogP contribution is 2.22. The highest BCUT2D eigenvalue weighted by atomic mass is 35.5. The lowest BCUT2D eigenvalue weighted by atomic mass is 10.2. The second-order valence-corrected chi connectivity index (χ2v) is 5.80. The molecule has 1 aliphatic heterocycles. The second-order valence-electron chi connectivity index (χ2n) is 4.00. The van der Waals surface area contributed by atoms with Crippen LogP contribution in [0.15, 0.2) is 12.1 Å². The first-order chi connectivity index (χ1) is 8.06. The Kier molecular flexibility index (Phi) is 3.69. The van der Waals surface area contributed by atoms with Crippen molar-refractivity contribution in [3.05, 3.63) is 21.3 Å². The average molecular weight is 273 g/mol. The molecule has 1 atom stereocenters. The van der Waals surface area contributed by atoms with Crippen molar-refractivity contribution >= 4 is 34.8 Å². The van der Waals surface area contributed by atoms with Crippen molar-refractivity contribution in [2.75, 3.05) is 13.1 Å². The molecule has 1 aromatic heterocycles. The van der Waals surface area contributed by atoms with Crippen molar-refractivity contribution in [3.63, 3.8) is 0 Å². The number of nitrogens with one attached hydrogen (secondary N) is 1. The number of rotatable bonds is 3. The molecule has 1 aliphatic rings. The van der Waals surface area contributed by atoms with Gasteiger partial charge in [0, 0.05) is 11.4 Å². The molecule has 1 aromatic rings. The monoisotopic (exact) mass is 272 g/mol. The Labute approximate surface area is 109 Å². The van der Waals surface area contributed by atoms with Crippen LogP contribution in [0.2, 0.25) is 4.34 Å². The van der Waals surface area contributed by atoms with E-state index in [2.05, 4.69) is 5.32 Å². The molecular weight excluding hydrogens is 260 g/mol. The van der Waals surface area contributed by atoms with E-state index in [0.29, 0.717) is 6.54 Å². The summed E-state index contributed by atoms with van der Waals surface area (Å²) < 4.78 is 0.746. The van der Waals surface area contributed by atoms with Crippen LogP contribution in [-0.4, -0.2) is 35.8 Å². The van der Waals surface area contributed by atoms with Crippen LogP contribution in [0, 0.1) is 0 Å². The number of halogens is 1. The minimum Gasteiger partial charge on any atom is -0.343 e. The Bertz CT molecular complexity index is 446. The van der Waals surface area contributed by atoms with Crippen molar-refractivity contribution in [2.45, 2.75) is 19.4 Å². The van der Waals surface area contributed by atoms with Gasteiger partial charge in [-0.3, -0.25) is 9.59 Å². The molecule has 0 saturated carbocycles. The highest BCUT2D eigenvalue weighted by molar-refractivity contribution is 7.16. The first kappa shape index (κ1) is 12.4. The molecular formula is C11H13ClN2O2S. The number of piperazine rings is 1. The fraction of sp³-hybridized carbons (Fsp3) is 0.455. The van der Waals surface area contributed by atoms with Crippen LogP contribution >= 0.6 is 22.9 Å². The van der Waals surface area contributed by atoms with E-state index in [1.165, 1.54) is 11.3 Å². The SMILES string of the molecule is CC1NC(=O)CN(CCc2ccc(Cl)s2)C1=O. The molecule has 1 unspecified atom stereocenters. The van der Waals surface area contributed by atoms with E-state index in [0.717, 1.165) is 15.6 Å². The molecule has 2 rings (SSSR count). The fourth-order valence-corrected chi connectivity index (χ4v) is 2.87. The summed E-state index contributed by atoms with van der Waals surface area (Å²) in [5.74, 6) is -0.117. The van der Waals surface area contributed by atoms with Gasteiger partial charge in [0.15, 0.2) is 0 Å². The number of carbonyl (C=O) groups excluding carboxylic acids is 2. The van der Waals surface area contributed by atoms with E-state index in [1.54, 1.807) is 11.8 Å².